The minimum absolute atomic E-state index is 0.931. The first-order valence-electron chi connectivity index (χ1n) is 16.4. The smallest absolute Gasteiger partial charge is 0.249 e. The van der Waals surface area contributed by atoms with Crippen LogP contribution >= 0.6 is 0 Å². The Bertz CT molecular complexity index is 1660. The van der Waals surface area contributed by atoms with Crippen molar-refractivity contribution in [2.45, 2.75) is 61.2 Å². The molecular weight excluding hydrogens is 566 g/mol. The van der Waals surface area contributed by atoms with Gasteiger partial charge < -0.3 is 0 Å². The largest absolute Gasteiger partial charge is 0.292 e. The molecule has 0 saturated carbocycles. The Morgan fingerprint density at radius 3 is 0.957 bits per heavy atom. The second kappa shape index (κ2) is 13.7. The Morgan fingerprint density at radius 2 is 0.696 bits per heavy atom. The van der Waals surface area contributed by atoms with Crippen molar-refractivity contribution in [2.75, 3.05) is 19.6 Å². The average Bonchev–Trinajstić information content (AvgIpc) is 3.79. The maximum absolute atomic E-state index is 2.59. The number of nitrogens with zero attached hydrogens (tertiary/aromatic N) is 7. The molecule has 0 aliphatic heterocycles. The number of rotatable bonds is 12. The van der Waals surface area contributed by atoms with Gasteiger partial charge in [-0.2, -0.15) is 0 Å². The van der Waals surface area contributed by atoms with Crippen LogP contribution < -0.4 is 13.7 Å². The van der Waals surface area contributed by atoms with Crippen LogP contribution in [0.5, 0.6) is 0 Å². The highest BCUT2D eigenvalue weighted by Crippen LogP contribution is 2.19. The Labute approximate surface area is 273 Å². The maximum Gasteiger partial charge on any atom is 0.249 e. The second-order valence-corrected chi connectivity index (χ2v) is 12.7. The summed E-state index contributed by atoms with van der Waals surface area (Å²) < 4.78 is 13.7. The minimum atomic E-state index is 0.931. The van der Waals surface area contributed by atoms with E-state index in [4.69, 9.17) is 0 Å². The molecule has 3 heterocycles. The molecule has 6 rings (SSSR count). The van der Waals surface area contributed by atoms with Crippen molar-refractivity contribution in [3.8, 4) is 17.1 Å². The van der Waals surface area contributed by atoms with Crippen molar-refractivity contribution < 1.29 is 13.7 Å². The monoisotopic (exact) mass is 614 g/mol. The fourth-order valence-electron chi connectivity index (χ4n) is 6.72. The van der Waals surface area contributed by atoms with Crippen molar-refractivity contribution in [1.82, 2.24) is 18.6 Å². The van der Waals surface area contributed by atoms with E-state index < -0.39 is 0 Å². The van der Waals surface area contributed by atoms with E-state index in [9.17, 15) is 0 Å². The van der Waals surface area contributed by atoms with E-state index in [0.717, 1.165) is 39.3 Å². The van der Waals surface area contributed by atoms with Crippen LogP contribution in [0.4, 0.5) is 0 Å². The molecule has 0 spiro atoms. The van der Waals surface area contributed by atoms with E-state index in [0.29, 0.717) is 0 Å². The highest BCUT2D eigenvalue weighted by Gasteiger charge is 2.17. The Hall–Kier alpha value is -4.75. The van der Waals surface area contributed by atoms with Gasteiger partial charge in [-0.15, -0.1) is 0 Å². The van der Waals surface area contributed by atoms with Crippen LogP contribution in [0.3, 0.4) is 0 Å². The Morgan fingerprint density at radius 1 is 0.435 bits per heavy atom. The van der Waals surface area contributed by atoms with Gasteiger partial charge in [-0.1, -0.05) is 54.6 Å². The van der Waals surface area contributed by atoms with Crippen molar-refractivity contribution in [3.63, 3.8) is 0 Å². The maximum atomic E-state index is 2.59. The molecule has 0 aliphatic rings. The highest BCUT2D eigenvalue weighted by molar-refractivity contribution is 5.48. The number of hydrogen-bond donors (Lipinski definition) is 0. The van der Waals surface area contributed by atoms with Crippen molar-refractivity contribution >= 4 is 0 Å². The van der Waals surface area contributed by atoms with Crippen LogP contribution in [0, 0.1) is 41.5 Å². The van der Waals surface area contributed by atoms with Crippen molar-refractivity contribution in [2.24, 2.45) is 0 Å². The van der Waals surface area contributed by atoms with Crippen LogP contribution in [0.1, 0.15) is 33.4 Å². The molecule has 3 aromatic carbocycles. The van der Waals surface area contributed by atoms with Gasteiger partial charge in [0, 0.05) is 19.6 Å². The molecule has 0 saturated heterocycles. The fraction of sp³-hybridized carbons (Fsp3) is 0.308. The van der Waals surface area contributed by atoms with Gasteiger partial charge in [0.25, 0.3) is 0 Å². The van der Waals surface area contributed by atoms with Gasteiger partial charge in [-0.3, -0.25) is 4.90 Å². The Kier molecular flexibility index (Phi) is 9.31. The van der Waals surface area contributed by atoms with E-state index in [-0.39, 0.29) is 0 Å². The molecule has 0 bridgehead atoms. The lowest BCUT2D eigenvalue weighted by Gasteiger charge is -2.19. The van der Waals surface area contributed by atoms with Gasteiger partial charge in [0.15, 0.2) is 0 Å². The summed E-state index contributed by atoms with van der Waals surface area (Å²) in [4.78, 5) is 2.59. The lowest BCUT2D eigenvalue weighted by Crippen LogP contribution is -2.47. The molecule has 7 nitrogen and oxygen atoms in total. The molecule has 3 aromatic heterocycles. The number of aryl methyl sites for hydroxylation is 6. The quantitative estimate of drug-likeness (QED) is 0.168. The lowest BCUT2D eigenvalue weighted by molar-refractivity contribution is -0.705. The van der Waals surface area contributed by atoms with Crippen LogP contribution in [-0.4, -0.2) is 38.2 Å². The van der Waals surface area contributed by atoms with Crippen LogP contribution in [0.25, 0.3) is 17.1 Å². The topological polar surface area (TPSA) is 29.7 Å². The summed E-state index contributed by atoms with van der Waals surface area (Å²) in [6.07, 6.45) is 19.8. The van der Waals surface area contributed by atoms with E-state index >= 15 is 0 Å². The third kappa shape index (κ3) is 6.90. The first-order chi connectivity index (χ1) is 22.3. The summed E-state index contributed by atoms with van der Waals surface area (Å²) in [5.41, 5.74) is 11.6. The third-order valence-corrected chi connectivity index (χ3v) is 9.19. The molecule has 46 heavy (non-hydrogen) atoms. The van der Waals surface area contributed by atoms with Crippen molar-refractivity contribution in [1.29, 1.82) is 0 Å². The van der Waals surface area contributed by atoms with Crippen LogP contribution in [0.15, 0.2) is 111 Å². The van der Waals surface area contributed by atoms with Crippen molar-refractivity contribution in [3.05, 3.63) is 144 Å². The molecule has 0 aliphatic carbocycles. The second-order valence-electron chi connectivity index (χ2n) is 12.7. The Balaban J connectivity index is 1.16. The van der Waals surface area contributed by atoms with E-state index in [1.54, 1.807) is 0 Å². The fourth-order valence-corrected chi connectivity index (χ4v) is 6.72. The van der Waals surface area contributed by atoms with E-state index in [2.05, 4.69) is 185 Å². The number of aromatic nitrogens is 6. The number of para-hydroxylation sites is 3. The van der Waals surface area contributed by atoms with Gasteiger partial charge in [0.05, 0.1) is 0 Å². The predicted molar refractivity (Wildman–Crippen MR) is 183 cm³/mol. The van der Waals surface area contributed by atoms with E-state index in [1.807, 2.05) is 0 Å². The SMILES string of the molecule is Cc1cccc(C)c1-n1cc[n+](CCN(CC[n+]2ccn(-c3c(C)cccc3C)c2)CC[n+]2ccn(-c3c(C)cccc3C)c2)c1. The molecule has 0 atom stereocenters. The summed E-state index contributed by atoms with van der Waals surface area (Å²) >= 11 is 0. The zero-order valence-corrected chi connectivity index (χ0v) is 28.3. The minimum Gasteiger partial charge on any atom is -0.292 e. The third-order valence-electron chi connectivity index (χ3n) is 9.19. The molecule has 0 fully saturated rings. The van der Waals surface area contributed by atoms with Gasteiger partial charge in [-0.25, -0.2) is 27.4 Å². The molecule has 7 heteroatoms. The first kappa shape index (κ1) is 31.2. The molecular formula is C39H48N7+3. The van der Waals surface area contributed by atoms with Crippen LogP contribution in [-0.2, 0) is 19.6 Å². The van der Waals surface area contributed by atoms with Gasteiger partial charge in [-0.05, 0) is 74.9 Å². The molecule has 0 unspecified atom stereocenters. The summed E-state index contributed by atoms with van der Waals surface area (Å²) in [7, 11) is 0. The van der Waals surface area contributed by atoms with Gasteiger partial charge in [0.2, 0.25) is 19.0 Å². The summed E-state index contributed by atoms with van der Waals surface area (Å²) in [5.74, 6) is 0. The van der Waals surface area contributed by atoms with Gasteiger partial charge >= 0.3 is 0 Å². The summed E-state index contributed by atoms with van der Waals surface area (Å²) in [6.45, 7) is 18.8. The average molecular weight is 615 g/mol. The van der Waals surface area contributed by atoms with Crippen LogP contribution in [0.2, 0.25) is 0 Å². The highest BCUT2D eigenvalue weighted by atomic mass is 15.2. The summed E-state index contributed by atoms with van der Waals surface area (Å²) in [5, 5.41) is 0. The summed E-state index contributed by atoms with van der Waals surface area (Å²) in [6, 6.07) is 19.5. The standard InChI is InChI=1S/C39H48N7/c1-31-10-7-11-32(2)37(31)44-25-22-41(28-44)19-16-40(17-20-42-23-26-45(29-42)38-33(3)12-8-13-34(38)4)18-21-43-24-27-46(30-43)39-35(5)14-9-15-36(39)6/h7-15,22-30H,16-21H2,1-6H3/q+3. The zero-order chi connectivity index (χ0) is 32.2. The number of benzene rings is 3. The normalized spacial score (nSPS) is 11.5. The van der Waals surface area contributed by atoms with E-state index in [1.165, 1.54) is 50.4 Å². The molecule has 6 aromatic rings. The molecule has 0 N–H and O–H groups in total. The number of imidazole rings is 3. The number of hydrogen-bond acceptors (Lipinski definition) is 1. The molecule has 236 valence electrons. The molecule has 0 radical (unpaired) electrons. The van der Waals surface area contributed by atoms with Gasteiger partial charge in [0.1, 0.15) is 73.9 Å². The first-order valence-corrected chi connectivity index (χ1v) is 16.4. The predicted octanol–water partition coefficient (Wildman–Crippen LogP) is 5.47. The molecule has 0 amide bonds. The lowest BCUT2D eigenvalue weighted by atomic mass is 10.1. The zero-order valence-electron chi connectivity index (χ0n) is 28.3.